The highest BCUT2D eigenvalue weighted by molar-refractivity contribution is 7.47. The number of alkyl halides is 2. The van der Waals surface area contributed by atoms with Crippen molar-refractivity contribution < 1.29 is 23.3 Å². The van der Waals surface area contributed by atoms with E-state index in [9.17, 15) is 4.57 Å². The van der Waals surface area contributed by atoms with Gasteiger partial charge in [0.05, 0.1) is 13.2 Å². The van der Waals surface area contributed by atoms with Crippen molar-refractivity contribution >= 4 is 31.0 Å². The molecule has 106 valence electrons. The maximum atomic E-state index is 11.1. The second-order valence-corrected chi connectivity index (χ2v) is 6.86. The molecule has 0 spiro atoms. The van der Waals surface area contributed by atoms with E-state index < -0.39 is 17.8 Å². The Balaban J connectivity index is 4.01. The van der Waals surface area contributed by atoms with Gasteiger partial charge in [-0.25, -0.2) is 4.57 Å². The lowest BCUT2D eigenvalue weighted by Crippen LogP contribution is -2.35. The van der Waals surface area contributed by atoms with Crippen LogP contribution in [0.15, 0.2) is 0 Å². The molecule has 0 fully saturated rings. The summed E-state index contributed by atoms with van der Waals surface area (Å²) < 4.78 is 23.2. The average molecular weight is 321 g/mol. The van der Waals surface area contributed by atoms with Crippen molar-refractivity contribution in [1.29, 1.82) is 5.26 Å². The van der Waals surface area contributed by atoms with Crippen molar-refractivity contribution in [2.24, 2.45) is 5.41 Å². The zero-order valence-electron chi connectivity index (χ0n) is 10.1. The van der Waals surface area contributed by atoms with Gasteiger partial charge in [-0.1, -0.05) is 44.0 Å². The number of hydroxylamine groups is 1. The third-order valence-corrected chi connectivity index (χ3v) is 3.88. The largest absolute Gasteiger partial charge is 0.494 e. The van der Waals surface area contributed by atoms with Crippen molar-refractivity contribution in [3.05, 3.63) is 0 Å². The molecule has 0 aromatic heterocycles. The van der Waals surface area contributed by atoms with Gasteiger partial charge in [0.25, 0.3) is 0 Å². The van der Waals surface area contributed by atoms with Crippen LogP contribution in [0.2, 0.25) is 0 Å². The number of halogens is 2. The first kappa shape index (κ1) is 17.9. The zero-order valence-corrected chi connectivity index (χ0v) is 12.6. The summed E-state index contributed by atoms with van der Waals surface area (Å²) in [6.45, 7) is 4.91. The third-order valence-electron chi connectivity index (χ3n) is 1.70. The predicted molar refractivity (Wildman–Crippen MR) is 65.5 cm³/mol. The van der Waals surface area contributed by atoms with Crippen LogP contribution in [0.1, 0.15) is 20.8 Å². The van der Waals surface area contributed by atoms with Crippen molar-refractivity contribution in [2.75, 3.05) is 13.2 Å². The van der Waals surface area contributed by atoms with Crippen LogP contribution in [0.4, 0.5) is 0 Å². The molecule has 2 N–H and O–H groups in total. The quantitative estimate of drug-likeness (QED) is 0.185. The summed E-state index contributed by atoms with van der Waals surface area (Å²) in [5.41, 5.74) is 1.00. The first-order valence-electron chi connectivity index (χ1n) is 4.83. The Labute approximate surface area is 115 Å². The van der Waals surface area contributed by atoms with Gasteiger partial charge in [-0.15, -0.1) is 0 Å². The molecule has 0 saturated heterocycles. The van der Waals surface area contributed by atoms with E-state index in [1.807, 2.05) is 0 Å². The average Bonchev–Trinajstić information content (AvgIpc) is 2.20. The molecule has 18 heavy (non-hydrogen) atoms. The number of nitrogens with one attached hydrogen (secondary N) is 1. The summed E-state index contributed by atoms with van der Waals surface area (Å²) in [5.74, 6) is 0. The van der Waals surface area contributed by atoms with E-state index in [0.29, 0.717) is 0 Å². The fourth-order valence-electron chi connectivity index (χ4n) is 0.643. The second-order valence-electron chi connectivity index (χ2n) is 4.22. The first-order valence-corrected chi connectivity index (χ1v) is 7.09. The van der Waals surface area contributed by atoms with Crippen LogP contribution in [0.5, 0.6) is 0 Å². The number of rotatable bonds is 7. The minimum absolute atomic E-state index is 0.120. The summed E-state index contributed by atoms with van der Waals surface area (Å²) in [6.07, 6.45) is 1.30. The standard InChI is InChI=1S/C8H15Cl2N2O5P/c1-7(2,3)8(9,10)15-4-5-16-18(13,14)17-12-6-11/h12H,4-5H2,1-3H3,(H,13,14). The molecule has 0 amide bonds. The monoisotopic (exact) mass is 320 g/mol. The highest BCUT2D eigenvalue weighted by Gasteiger charge is 2.39. The van der Waals surface area contributed by atoms with E-state index in [-0.39, 0.29) is 13.2 Å². The van der Waals surface area contributed by atoms with Crippen LogP contribution >= 0.6 is 31.0 Å². The number of phosphoric ester groups is 1. The summed E-state index contributed by atoms with van der Waals surface area (Å²) in [7, 11) is -4.33. The number of phosphoric acid groups is 1. The Morgan fingerprint density at radius 1 is 1.39 bits per heavy atom. The van der Waals surface area contributed by atoms with Gasteiger partial charge in [0.1, 0.15) is 0 Å². The predicted octanol–water partition coefficient (Wildman–Crippen LogP) is 2.30. The SMILES string of the molecule is CC(C)(C)C(Cl)(Cl)OCCOP(=O)(O)ONC#N. The molecule has 0 aliphatic carbocycles. The summed E-state index contributed by atoms with van der Waals surface area (Å²) >= 11 is 11.8. The highest BCUT2D eigenvalue weighted by Crippen LogP contribution is 2.43. The molecular weight excluding hydrogens is 306 g/mol. The van der Waals surface area contributed by atoms with Gasteiger partial charge in [0, 0.05) is 5.41 Å². The van der Waals surface area contributed by atoms with Gasteiger partial charge >= 0.3 is 7.82 Å². The van der Waals surface area contributed by atoms with E-state index in [1.54, 1.807) is 26.3 Å². The fraction of sp³-hybridized carbons (Fsp3) is 0.875. The Bertz CT molecular complexity index is 352. The van der Waals surface area contributed by atoms with Crippen LogP contribution in [0, 0.1) is 16.9 Å². The maximum Gasteiger partial charge on any atom is 0.494 e. The minimum Gasteiger partial charge on any atom is -0.344 e. The lowest BCUT2D eigenvalue weighted by atomic mass is 9.98. The normalized spacial score (nSPS) is 15.8. The molecule has 0 aliphatic rings. The molecule has 0 saturated carbocycles. The number of hydrogen-bond donors (Lipinski definition) is 2. The van der Waals surface area contributed by atoms with Crippen LogP contribution in [-0.4, -0.2) is 22.6 Å². The summed E-state index contributed by atoms with van der Waals surface area (Å²) in [6, 6.07) is 0. The Kier molecular flexibility index (Phi) is 6.90. The maximum absolute atomic E-state index is 11.1. The molecule has 0 aliphatic heterocycles. The smallest absolute Gasteiger partial charge is 0.344 e. The van der Waals surface area contributed by atoms with E-state index in [1.165, 1.54) is 6.19 Å². The summed E-state index contributed by atoms with van der Waals surface area (Å²) in [4.78, 5) is 9.01. The molecule has 0 radical (unpaired) electrons. The van der Waals surface area contributed by atoms with Gasteiger partial charge < -0.3 is 9.63 Å². The molecule has 0 aromatic carbocycles. The van der Waals surface area contributed by atoms with Crippen molar-refractivity contribution in [1.82, 2.24) is 5.48 Å². The Hall–Kier alpha value is -0.0600. The molecule has 0 bridgehead atoms. The lowest BCUT2D eigenvalue weighted by Gasteiger charge is -2.33. The molecule has 1 unspecified atom stereocenters. The van der Waals surface area contributed by atoms with Crippen LogP contribution < -0.4 is 5.48 Å². The number of nitrogens with zero attached hydrogens (tertiary/aromatic N) is 1. The highest BCUT2D eigenvalue weighted by atomic mass is 35.5. The molecule has 0 heterocycles. The lowest BCUT2D eigenvalue weighted by molar-refractivity contribution is -0.0123. The van der Waals surface area contributed by atoms with Crippen LogP contribution in [0.25, 0.3) is 0 Å². The van der Waals surface area contributed by atoms with Crippen LogP contribution in [-0.2, 0) is 18.5 Å². The molecule has 7 nitrogen and oxygen atoms in total. The third kappa shape index (κ3) is 6.76. The molecule has 0 rings (SSSR count). The molecular formula is C8H15Cl2N2O5P. The van der Waals surface area contributed by atoms with Crippen molar-refractivity contribution in [3.8, 4) is 6.19 Å². The number of nitriles is 1. The topological polar surface area (TPSA) is 101 Å². The van der Waals surface area contributed by atoms with Gasteiger partial charge in [-0.2, -0.15) is 15.4 Å². The minimum atomic E-state index is -4.33. The van der Waals surface area contributed by atoms with E-state index in [0.717, 1.165) is 0 Å². The Morgan fingerprint density at radius 2 is 1.94 bits per heavy atom. The van der Waals surface area contributed by atoms with Gasteiger partial charge in [0.15, 0.2) is 0 Å². The molecule has 10 heteroatoms. The fourth-order valence-corrected chi connectivity index (χ4v) is 1.31. The molecule has 0 aromatic rings. The first-order chi connectivity index (χ1) is 8.02. The van der Waals surface area contributed by atoms with Crippen molar-refractivity contribution in [2.45, 2.75) is 25.3 Å². The van der Waals surface area contributed by atoms with Gasteiger partial charge in [-0.3, -0.25) is 4.52 Å². The van der Waals surface area contributed by atoms with E-state index >= 15 is 0 Å². The number of hydrogen-bond acceptors (Lipinski definition) is 6. The van der Waals surface area contributed by atoms with Crippen molar-refractivity contribution in [3.63, 3.8) is 0 Å². The Morgan fingerprint density at radius 3 is 2.39 bits per heavy atom. The molecule has 1 atom stereocenters. The summed E-state index contributed by atoms with van der Waals surface area (Å²) in [5, 5.41) is 8.06. The second kappa shape index (κ2) is 6.92. The van der Waals surface area contributed by atoms with Gasteiger partial charge in [-0.05, 0) is 0 Å². The van der Waals surface area contributed by atoms with E-state index in [2.05, 4.69) is 9.15 Å². The van der Waals surface area contributed by atoms with E-state index in [4.69, 9.17) is 38.1 Å². The van der Waals surface area contributed by atoms with Gasteiger partial charge in [0.2, 0.25) is 10.7 Å². The number of ether oxygens (including phenoxy) is 1. The zero-order chi connectivity index (χ0) is 14.4. The van der Waals surface area contributed by atoms with Crippen LogP contribution in [0.3, 0.4) is 0 Å².